The van der Waals surface area contributed by atoms with E-state index in [0.29, 0.717) is 19.3 Å². The second kappa shape index (κ2) is 57.9. The Hall–Kier alpha value is -2.63. The minimum Gasteiger partial charge on any atom is -0.462 e. The highest BCUT2D eigenvalue weighted by Gasteiger charge is 2.19. The first-order chi connectivity index (χ1) is 34.0. The molecule has 0 amide bonds. The number of allylic oxidation sites excluding steroid dienone is 8. The highest BCUT2D eigenvalue weighted by atomic mass is 16.6. The van der Waals surface area contributed by atoms with Crippen LogP contribution in [0.2, 0.25) is 0 Å². The minimum absolute atomic E-state index is 0.0762. The van der Waals surface area contributed by atoms with Crippen molar-refractivity contribution in [2.45, 2.75) is 322 Å². The Balaban J connectivity index is 4.37. The molecular weight excluding hydrogens is 853 g/mol. The van der Waals surface area contributed by atoms with Gasteiger partial charge in [-0.25, -0.2) is 0 Å². The zero-order chi connectivity index (χ0) is 50.0. The third-order valence-electron chi connectivity index (χ3n) is 13.3. The molecule has 0 aromatic heterocycles. The molecule has 0 saturated carbocycles. The van der Waals surface area contributed by atoms with Gasteiger partial charge in [-0.3, -0.25) is 14.4 Å². The van der Waals surface area contributed by atoms with E-state index in [9.17, 15) is 14.4 Å². The van der Waals surface area contributed by atoms with Crippen molar-refractivity contribution in [1.82, 2.24) is 0 Å². The quantitative estimate of drug-likeness (QED) is 0.0262. The molecule has 6 nitrogen and oxygen atoms in total. The summed E-state index contributed by atoms with van der Waals surface area (Å²) in [7, 11) is 0. The summed E-state index contributed by atoms with van der Waals surface area (Å²) in [5.74, 6) is -0.880. The van der Waals surface area contributed by atoms with E-state index in [1.807, 2.05) is 0 Å². The molecular formula is C63H114O6. The average Bonchev–Trinajstić information content (AvgIpc) is 3.35. The predicted molar refractivity (Wildman–Crippen MR) is 298 cm³/mol. The van der Waals surface area contributed by atoms with Gasteiger partial charge in [0.1, 0.15) is 13.2 Å². The first-order valence-electron chi connectivity index (χ1n) is 30.1. The lowest BCUT2D eigenvalue weighted by atomic mass is 10.0. The summed E-state index contributed by atoms with van der Waals surface area (Å²) in [5, 5.41) is 0. The lowest BCUT2D eigenvalue weighted by Gasteiger charge is -2.18. The van der Waals surface area contributed by atoms with Crippen molar-refractivity contribution in [1.29, 1.82) is 0 Å². The molecule has 402 valence electrons. The monoisotopic (exact) mass is 967 g/mol. The smallest absolute Gasteiger partial charge is 0.306 e. The molecule has 0 saturated heterocycles. The largest absolute Gasteiger partial charge is 0.462 e. The first kappa shape index (κ1) is 66.4. The van der Waals surface area contributed by atoms with Crippen molar-refractivity contribution >= 4 is 17.9 Å². The maximum atomic E-state index is 12.9. The van der Waals surface area contributed by atoms with Gasteiger partial charge in [-0.15, -0.1) is 0 Å². The van der Waals surface area contributed by atoms with Gasteiger partial charge in [0.2, 0.25) is 0 Å². The molecule has 0 aromatic carbocycles. The Bertz CT molecular complexity index is 1200. The van der Waals surface area contributed by atoms with Crippen molar-refractivity contribution in [3.63, 3.8) is 0 Å². The fourth-order valence-corrected chi connectivity index (χ4v) is 8.85. The van der Waals surface area contributed by atoms with E-state index in [4.69, 9.17) is 14.2 Å². The lowest BCUT2D eigenvalue weighted by Crippen LogP contribution is -2.30. The summed E-state index contributed by atoms with van der Waals surface area (Å²) in [5.41, 5.74) is 0. The SMILES string of the molecule is CC/C=C\C/C=C\C/C=C\C/C=C\CCCCCCC(=O)OCC(COC(=O)CCCCCCCCCCCCCCCCCCC)OC(=O)CCCCCCCCCCCCCCCCCCC. The van der Waals surface area contributed by atoms with Crippen LogP contribution in [0.25, 0.3) is 0 Å². The van der Waals surface area contributed by atoms with Crippen LogP contribution in [0.15, 0.2) is 48.6 Å². The molecule has 1 atom stereocenters. The van der Waals surface area contributed by atoms with Crippen molar-refractivity contribution in [3.05, 3.63) is 48.6 Å². The van der Waals surface area contributed by atoms with Gasteiger partial charge in [-0.05, 0) is 57.8 Å². The Morgan fingerprint density at radius 3 is 0.884 bits per heavy atom. The van der Waals surface area contributed by atoms with Gasteiger partial charge < -0.3 is 14.2 Å². The van der Waals surface area contributed by atoms with Crippen LogP contribution in [0.5, 0.6) is 0 Å². The average molecular weight is 968 g/mol. The third kappa shape index (κ3) is 56.2. The van der Waals surface area contributed by atoms with Crippen LogP contribution in [0.4, 0.5) is 0 Å². The fourth-order valence-electron chi connectivity index (χ4n) is 8.85. The van der Waals surface area contributed by atoms with Crippen LogP contribution in [-0.4, -0.2) is 37.2 Å². The van der Waals surface area contributed by atoms with Crippen LogP contribution < -0.4 is 0 Å². The number of carbonyl (C=O) groups is 3. The van der Waals surface area contributed by atoms with Crippen LogP contribution in [0, 0.1) is 0 Å². The summed E-state index contributed by atoms with van der Waals surface area (Å²) in [6.45, 7) is 6.56. The summed E-state index contributed by atoms with van der Waals surface area (Å²) >= 11 is 0. The topological polar surface area (TPSA) is 78.9 Å². The van der Waals surface area contributed by atoms with Crippen molar-refractivity contribution in [2.24, 2.45) is 0 Å². The molecule has 0 aromatic rings. The van der Waals surface area contributed by atoms with Gasteiger partial charge in [0.05, 0.1) is 0 Å². The number of hydrogen-bond acceptors (Lipinski definition) is 6. The summed E-state index contributed by atoms with van der Waals surface area (Å²) in [6, 6.07) is 0. The molecule has 0 heterocycles. The molecule has 0 rings (SSSR count). The maximum Gasteiger partial charge on any atom is 0.306 e. The minimum atomic E-state index is -0.780. The van der Waals surface area contributed by atoms with E-state index in [2.05, 4.69) is 69.4 Å². The summed E-state index contributed by atoms with van der Waals surface area (Å²) < 4.78 is 16.9. The van der Waals surface area contributed by atoms with Crippen LogP contribution in [-0.2, 0) is 28.6 Å². The van der Waals surface area contributed by atoms with Crippen LogP contribution >= 0.6 is 0 Å². The Morgan fingerprint density at radius 2 is 0.565 bits per heavy atom. The normalized spacial score (nSPS) is 12.3. The van der Waals surface area contributed by atoms with Gasteiger partial charge in [0.15, 0.2) is 6.10 Å². The number of rotatable bonds is 55. The molecule has 0 aliphatic rings. The molecule has 6 heteroatoms. The maximum absolute atomic E-state index is 12.9. The third-order valence-corrected chi connectivity index (χ3v) is 13.3. The Labute approximate surface area is 428 Å². The highest BCUT2D eigenvalue weighted by Crippen LogP contribution is 2.17. The Kier molecular flexibility index (Phi) is 55.7. The van der Waals surface area contributed by atoms with E-state index in [1.54, 1.807) is 0 Å². The number of carbonyl (C=O) groups excluding carboxylic acids is 3. The van der Waals surface area contributed by atoms with Gasteiger partial charge >= 0.3 is 17.9 Å². The second-order valence-corrected chi connectivity index (χ2v) is 20.2. The fraction of sp³-hybridized carbons (Fsp3) is 0.825. The van der Waals surface area contributed by atoms with Crippen LogP contribution in [0.1, 0.15) is 316 Å². The van der Waals surface area contributed by atoms with Crippen molar-refractivity contribution < 1.29 is 28.6 Å². The van der Waals surface area contributed by atoms with E-state index >= 15 is 0 Å². The van der Waals surface area contributed by atoms with Gasteiger partial charge in [0, 0.05) is 19.3 Å². The van der Waals surface area contributed by atoms with E-state index in [-0.39, 0.29) is 31.1 Å². The van der Waals surface area contributed by atoms with Gasteiger partial charge in [-0.1, -0.05) is 288 Å². The standard InChI is InChI=1S/C63H114O6/c1-4-7-10-13-16-19-22-25-28-31-34-37-40-43-46-49-52-55-61(64)67-58-60(69-63(66)57-54-51-48-45-42-39-36-33-30-27-24-21-18-15-12-9-6-3)59-68-62(65)56-53-50-47-44-41-38-35-32-29-26-23-20-17-14-11-8-5-2/h7,10,16,19,25,28,34,37,60H,4-6,8-9,11-15,17-18,20-24,26-27,29-33,35-36,38-59H2,1-3H3/b10-7-,19-16-,28-25-,37-34-. The summed E-state index contributed by atoms with van der Waals surface area (Å²) in [4.78, 5) is 38.2. The van der Waals surface area contributed by atoms with Gasteiger partial charge in [0.25, 0.3) is 0 Å². The second-order valence-electron chi connectivity index (χ2n) is 20.2. The zero-order valence-corrected chi connectivity index (χ0v) is 46.1. The molecule has 0 aliphatic heterocycles. The highest BCUT2D eigenvalue weighted by molar-refractivity contribution is 5.71. The van der Waals surface area contributed by atoms with E-state index in [0.717, 1.165) is 96.3 Å². The van der Waals surface area contributed by atoms with Gasteiger partial charge in [-0.2, -0.15) is 0 Å². The molecule has 0 aliphatic carbocycles. The molecule has 0 fully saturated rings. The van der Waals surface area contributed by atoms with E-state index < -0.39 is 6.10 Å². The molecule has 0 spiro atoms. The van der Waals surface area contributed by atoms with E-state index in [1.165, 1.54) is 180 Å². The van der Waals surface area contributed by atoms with Crippen molar-refractivity contribution in [3.8, 4) is 0 Å². The number of hydrogen-bond donors (Lipinski definition) is 0. The molecule has 0 radical (unpaired) electrons. The molecule has 0 N–H and O–H groups in total. The molecule has 0 bridgehead atoms. The molecule has 69 heavy (non-hydrogen) atoms. The lowest BCUT2D eigenvalue weighted by molar-refractivity contribution is -0.167. The van der Waals surface area contributed by atoms with Crippen LogP contribution in [0.3, 0.4) is 0 Å². The zero-order valence-electron chi connectivity index (χ0n) is 46.1. The molecule has 1 unspecified atom stereocenters. The first-order valence-corrected chi connectivity index (χ1v) is 30.1. The number of esters is 3. The summed E-state index contributed by atoms with van der Waals surface area (Å²) in [6.07, 6.45) is 71.0. The van der Waals surface area contributed by atoms with Crippen molar-refractivity contribution in [2.75, 3.05) is 13.2 Å². The Morgan fingerprint density at radius 1 is 0.304 bits per heavy atom. The number of unbranched alkanes of at least 4 members (excludes halogenated alkanes) is 36. The number of ether oxygens (including phenoxy) is 3. The predicted octanol–water partition coefficient (Wildman–Crippen LogP) is 20.2.